The first kappa shape index (κ1) is 15.9. The Morgan fingerprint density at radius 1 is 1.36 bits per heavy atom. The summed E-state index contributed by atoms with van der Waals surface area (Å²) in [5, 5.41) is 8.45. The smallest absolute Gasteiger partial charge is 0.342 e. The van der Waals surface area contributed by atoms with Gasteiger partial charge in [-0.05, 0) is 24.6 Å². The second-order valence-electron chi connectivity index (χ2n) is 4.78. The van der Waals surface area contributed by atoms with E-state index in [4.69, 9.17) is 9.84 Å². The van der Waals surface area contributed by atoms with Crippen LogP contribution in [0.4, 0.5) is 14.5 Å². The van der Waals surface area contributed by atoms with Crippen LogP contribution < -0.4 is 4.90 Å². The van der Waals surface area contributed by atoms with Crippen molar-refractivity contribution in [2.24, 2.45) is 0 Å². The van der Waals surface area contributed by atoms with Crippen LogP contribution in [0.15, 0.2) is 24.3 Å². The standard InChI is InChI=1S/C14H13F2NO5/c15-14(16)8-17(13(14)21)10-4-1-3-9(7-10)12(20)22-6-2-5-11(18)19/h1,3-4,7H,2,5-6,8H2,(H,18,19). The number of β-lactam (4-membered cyclic amide) rings is 1. The SMILES string of the molecule is O=C(O)CCCOC(=O)c1cccc(N2CC(F)(F)C2=O)c1. The van der Waals surface area contributed by atoms with Crippen molar-refractivity contribution in [3.8, 4) is 0 Å². The number of anilines is 1. The highest BCUT2D eigenvalue weighted by Gasteiger charge is 2.54. The quantitative estimate of drug-likeness (QED) is 0.491. The Bertz CT molecular complexity index is 617. The number of amides is 1. The number of carbonyl (C=O) groups is 3. The second-order valence-corrected chi connectivity index (χ2v) is 4.78. The van der Waals surface area contributed by atoms with E-state index in [1.165, 1.54) is 24.3 Å². The van der Waals surface area contributed by atoms with Gasteiger partial charge < -0.3 is 14.7 Å². The van der Waals surface area contributed by atoms with Gasteiger partial charge in [0.1, 0.15) is 0 Å². The molecule has 0 bridgehead atoms. The topological polar surface area (TPSA) is 83.9 Å². The lowest BCUT2D eigenvalue weighted by Gasteiger charge is -2.37. The van der Waals surface area contributed by atoms with Gasteiger partial charge in [0.2, 0.25) is 0 Å². The molecule has 1 aromatic carbocycles. The third-order valence-corrected chi connectivity index (χ3v) is 3.08. The van der Waals surface area contributed by atoms with E-state index < -0.39 is 30.3 Å². The predicted molar refractivity (Wildman–Crippen MR) is 70.9 cm³/mol. The molecule has 0 radical (unpaired) electrons. The summed E-state index contributed by atoms with van der Waals surface area (Å²) in [6, 6.07) is 5.60. The van der Waals surface area contributed by atoms with E-state index in [2.05, 4.69) is 0 Å². The van der Waals surface area contributed by atoms with Gasteiger partial charge in [-0.2, -0.15) is 8.78 Å². The number of alkyl halides is 2. The summed E-state index contributed by atoms with van der Waals surface area (Å²) in [5.74, 6) is -6.35. The van der Waals surface area contributed by atoms with Crippen molar-refractivity contribution >= 4 is 23.5 Å². The van der Waals surface area contributed by atoms with E-state index in [-0.39, 0.29) is 30.7 Å². The average Bonchev–Trinajstić information content (AvgIpc) is 2.48. The van der Waals surface area contributed by atoms with E-state index >= 15 is 0 Å². The molecule has 1 aliphatic heterocycles. The second kappa shape index (κ2) is 6.08. The fourth-order valence-electron chi connectivity index (χ4n) is 1.93. The molecule has 6 nitrogen and oxygen atoms in total. The van der Waals surface area contributed by atoms with Crippen molar-refractivity contribution in [3.05, 3.63) is 29.8 Å². The summed E-state index contributed by atoms with van der Waals surface area (Å²) in [6.07, 6.45) is 0.0578. The molecule has 0 unspecified atom stereocenters. The van der Waals surface area contributed by atoms with Crippen LogP contribution in [0.3, 0.4) is 0 Å². The summed E-state index contributed by atoms with van der Waals surface area (Å²) >= 11 is 0. The first-order valence-electron chi connectivity index (χ1n) is 6.50. The molecule has 0 spiro atoms. The maximum atomic E-state index is 12.9. The van der Waals surface area contributed by atoms with Crippen molar-refractivity contribution in [2.75, 3.05) is 18.1 Å². The first-order chi connectivity index (χ1) is 10.3. The van der Waals surface area contributed by atoms with Crippen molar-refractivity contribution in [1.29, 1.82) is 0 Å². The van der Waals surface area contributed by atoms with E-state index in [0.29, 0.717) is 0 Å². The molecule has 2 rings (SSSR count). The van der Waals surface area contributed by atoms with Gasteiger partial charge in [-0.25, -0.2) is 4.79 Å². The number of benzene rings is 1. The number of esters is 1. The first-order valence-corrected chi connectivity index (χ1v) is 6.50. The van der Waals surface area contributed by atoms with Gasteiger partial charge in [0.25, 0.3) is 5.91 Å². The normalized spacial score (nSPS) is 16.1. The zero-order valence-electron chi connectivity index (χ0n) is 11.4. The Hall–Kier alpha value is -2.51. The van der Waals surface area contributed by atoms with Gasteiger partial charge in [0.05, 0.1) is 18.7 Å². The van der Waals surface area contributed by atoms with Crippen molar-refractivity contribution in [1.82, 2.24) is 0 Å². The number of carboxylic acids is 1. The molecule has 1 N–H and O–H groups in total. The highest BCUT2D eigenvalue weighted by Crippen LogP contribution is 2.33. The monoisotopic (exact) mass is 313 g/mol. The minimum atomic E-state index is -3.35. The molecule has 1 aromatic rings. The number of nitrogens with zero attached hydrogens (tertiary/aromatic N) is 1. The minimum Gasteiger partial charge on any atom is -0.481 e. The van der Waals surface area contributed by atoms with Gasteiger partial charge in [-0.1, -0.05) is 6.07 Å². The number of halogens is 2. The maximum absolute atomic E-state index is 12.9. The van der Waals surface area contributed by atoms with E-state index in [9.17, 15) is 23.2 Å². The molecule has 8 heteroatoms. The summed E-state index contributed by atoms with van der Waals surface area (Å²) in [7, 11) is 0. The van der Waals surface area contributed by atoms with E-state index in [1.54, 1.807) is 0 Å². The molecule has 1 amide bonds. The van der Waals surface area contributed by atoms with Gasteiger partial charge >= 0.3 is 17.9 Å². The molecule has 1 fully saturated rings. The van der Waals surface area contributed by atoms with Gasteiger partial charge in [-0.3, -0.25) is 9.59 Å². The summed E-state index contributed by atoms with van der Waals surface area (Å²) < 4.78 is 30.6. The number of hydrogen-bond donors (Lipinski definition) is 1. The minimum absolute atomic E-state index is 0.0594. The largest absolute Gasteiger partial charge is 0.481 e. The average molecular weight is 313 g/mol. The fourth-order valence-corrected chi connectivity index (χ4v) is 1.93. The number of rotatable bonds is 6. The molecule has 0 aromatic heterocycles. The van der Waals surface area contributed by atoms with Crippen LogP contribution in [0.2, 0.25) is 0 Å². The third-order valence-electron chi connectivity index (χ3n) is 3.08. The highest BCUT2D eigenvalue weighted by atomic mass is 19.3. The number of ether oxygens (including phenoxy) is 1. The highest BCUT2D eigenvalue weighted by molar-refractivity contribution is 6.06. The Morgan fingerprint density at radius 2 is 2.09 bits per heavy atom. The van der Waals surface area contributed by atoms with Crippen LogP contribution in [0.5, 0.6) is 0 Å². The number of carbonyl (C=O) groups excluding carboxylic acids is 2. The van der Waals surface area contributed by atoms with Crippen LogP contribution >= 0.6 is 0 Å². The van der Waals surface area contributed by atoms with Crippen LogP contribution in [0, 0.1) is 0 Å². The molecule has 1 aliphatic rings. The summed E-state index contributed by atoms with van der Waals surface area (Å²) in [5.41, 5.74) is 0.298. The lowest BCUT2D eigenvalue weighted by Crippen LogP contribution is -2.62. The van der Waals surface area contributed by atoms with E-state index in [1.807, 2.05) is 0 Å². The van der Waals surface area contributed by atoms with Crippen LogP contribution in [0.25, 0.3) is 0 Å². The van der Waals surface area contributed by atoms with Gasteiger partial charge in [0.15, 0.2) is 0 Å². The Morgan fingerprint density at radius 3 is 2.68 bits per heavy atom. The fraction of sp³-hybridized carbons (Fsp3) is 0.357. The van der Waals surface area contributed by atoms with Gasteiger partial charge in [0, 0.05) is 12.1 Å². The zero-order chi connectivity index (χ0) is 16.3. The molecular formula is C14H13F2NO5. The number of carboxylic acid groups (broad SMARTS) is 1. The lowest BCUT2D eigenvalue weighted by molar-refractivity contribution is -0.152. The molecule has 0 atom stereocenters. The number of aliphatic carboxylic acids is 1. The molecule has 0 saturated carbocycles. The Balaban J connectivity index is 1.95. The summed E-state index contributed by atoms with van der Waals surface area (Å²) in [6.45, 7) is -0.779. The zero-order valence-corrected chi connectivity index (χ0v) is 11.4. The summed E-state index contributed by atoms with van der Waals surface area (Å²) in [4.78, 5) is 34.2. The van der Waals surface area contributed by atoms with Crippen LogP contribution in [-0.4, -0.2) is 42.0 Å². The molecule has 118 valence electrons. The maximum Gasteiger partial charge on any atom is 0.342 e. The molecule has 1 heterocycles. The van der Waals surface area contributed by atoms with Gasteiger partial charge in [-0.15, -0.1) is 0 Å². The van der Waals surface area contributed by atoms with Crippen molar-refractivity contribution in [3.63, 3.8) is 0 Å². The predicted octanol–water partition coefficient (Wildman–Crippen LogP) is 1.69. The molecular weight excluding hydrogens is 300 g/mol. The van der Waals surface area contributed by atoms with Crippen molar-refractivity contribution in [2.45, 2.75) is 18.8 Å². The molecule has 0 aliphatic carbocycles. The number of hydrogen-bond acceptors (Lipinski definition) is 4. The van der Waals surface area contributed by atoms with E-state index in [0.717, 1.165) is 4.90 Å². The van der Waals surface area contributed by atoms with Crippen LogP contribution in [0.1, 0.15) is 23.2 Å². The Labute approximate surface area is 124 Å². The molecule has 22 heavy (non-hydrogen) atoms. The molecule has 1 saturated heterocycles. The van der Waals surface area contributed by atoms with Crippen molar-refractivity contribution < 1.29 is 33.0 Å². The third kappa shape index (κ3) is 3.38. The van der Waals surface area contributed by atoms with Crippen LogP contribution in [-0.2, 0) is 14.3 Å². The lowest BCUT2D eigenvalue weighted by atomic mass is 10.1. The Kier molecular flexibility index (Phi) is 4.39.